The Morgan fingerprint density at radius 2 is 1.03 bits per heavy atom. The van der Waals surface area contributed by atoms with Gasteiger partial charge in [-0.15, -0.1) is 15.3 Å². The second kappa shape index (κ2) is 18.0. The molecule has 0 heterocycles. The van der Waals surface area contributed by atoms with Crippen LogP contribution in [-0.4, -0.2) is 117 Å². The van der Waals surface area contributed by atoms with E-state index in [-0.39, 0.29) is 16.3 Å². The number of nitrogens with zero attached hydrogens (tertiary/aromatic N) is 4. The molecule has 0 aliphatic heterocycles. The zero-order valence-electron chi connectivity index (χ0n) is 29.7. The molecule has 0 spiro atoms. The second-order valence-electron chi connectivity index (χ2n) is 11.6. The molecule has 0 saturated heterocycles. The van der Waals surface area contributed by atoms with Gasteiger partial charge in [-0.1, -0.05) is 0 Å². The molecule has 4 aromatic rings. The van der Waals surface area contributed by atoms with Gasteiger partial charge in [0, 0.05) is 10.8 Å². The highest BCUT2D eigenvalue weighted by atomic mass is 32.3. The summed E-state index contributed by atoms with van der Waals surface area (Å²) in [5.74, 6) is -4.32. The number of fused-ring (bicyclic) bond motifs is 1. The molecule has 0 amide bonds. The second-order valence-corrected chi connectivity index (χ2v) is 22.3. The first-order chi connectivity index (χ1) is 27.8. The van der Waals surface area contributed by atoms with Crippen LogP contribution in [0.1, 0.15) is 0 Å². The van der Waals surface area contributed by atoms with Crippen LogP contribution in [0, 0.1) is 0 Å². The van der Waals surface area contributed by atoms with E-state index >= 15 is 0 Å². The number of phenolic OH excluding ortho intramolecular Hbond substituents is 1. The fraction of sp³-hybridized carbons (Fsp3) is 0.185. The summed E-state index contributed by atoms with van der Waals surface area (Å²) < 4.78 is 221. The third-order valence-corrected chi connectivity index (χ3v) is 13.9. The van der Waals surface area contributed by atoms with Gasteiger partial charge in [0.2, 0.25) is 0 Å². The van der Waals surface area contributed by atoms with Gasteiger partial charge in [0.1, 0.15) is 32.7 Å². The van der Waals surface area contributed by atoms with Gasteiger partial charge in [-0.25, -0.2) is 25.2 Å². The predicted molar refractivity (Wildman–Crippen MR) is 206 cm³/mol. The van der Waals surface area contributed by atoms with Crippen LogP contribution in [0.5, 0.6) is 5.75 Å². The van der Waals surface area contributed by atoms with Crippen LogP contribution in [0.3, 0.4) is 0 Å². The van der Waals surface area contributed by atoms with E-state index in [1.807, 2.05) is 0 Å². The first-order valence-electron chi connectivity index (χ1n) is 15.5. The Morgan fingerprint density at radius 3 is 1.54 bits per heavy atom. The van der Waals surface area contributed by atoms with Crippen LogP contribution in [0.15, 0.2) is 101 Å². The third kappa shape index (κ3) is 13.7. The van der Waals surface area contributed by atoms with Gasteiger partial charge in [-0.05, 0) is 60.7 Å². The van der Waals surface area contributed by atoms with Crippen LogP contribution in [0.4, 0.5) is 28.4 Å². The summed E-state index contributed by atoms with van der Waals surface area (Å²) in [6.45, 7) is -2.05. The molecule has 334 valence electrons. The van der Waals surface area contributed by atoms with Crippen LogP contribution < -0.4 is 5.32 Å². The van der Waals surface area contributed by atoms with Crippen molar-refractivity contribution >= 4 is 110 Å². The Balaban J connectivity index is 1.85. The van der Waals surface area contributed by atoms with Crippen LogP contribution in [0.25, 0.3) is 10.8 Å². The normalized spacial score (nSPS) is 13.7. The molecule has 34 heteroatoms. The molecular formula is C27H27N5O22S7. The summed E-state index contributed by atoms with van der Waals surface area (Å²) in [6.07, 6.45) is 0. The molecule has 0 aliphatic rings. The molecule has 0 fully saturated rings. The zero-order valence-corrected chi connectivity index (χ0v) is 35.4. The lowest BCUT2D eigenvalue weighted by Crippen LogP contribution is -2.16. The van der Waals surface area contributed by atoms with Crippen molar-refractivity contribution < 1.29 is 95.2 Å². The number of nitrogens with one attached hydrogen (secondary N) is 1. The molecule has 61 heavy (non-hydrogen) atoms. The van der Waals surface area contributed by atoms with Crippen molar-refractivity contribution in [1.29, 1.82) is 0 Å². The maximum atomic E-state index is 12.7. The van der Waals surface area contributed by atoms with E-state index in [0.29, 0.717) is 24.3 Å². The quantitative estimate of drug-likeness (QED) is 0.0523. The average Bonchev–Trinajstić information content (AvgIpc) is 3.10. The van der Waals surface area contributed by atoms with Crippen molar-refractivity contribution in [2.45, 2.75) is 19.6 Å². The summed E-state index contributed by atoms with van der Waals surface area (Å²) in [5.41, 5.74) is -2.94. The Bertz CT molecular complexity index is 3250. The smallest absolute Gasteiger partial charge is 0.397 e. The first kappa shape index (κ1) is 49.0. The van der Waals surface area contributed by atoms with Crippen molar-refractivity contribution in [1.82, 2.24) is 0 Å². The molecule has 7 N–H and O–H groups in total. The van der Waals surface area contributed by atoms with Crippen molar-refractivity contribution in [2.75, 3.05) is 35.9 Å². The van der Waals surface area contributed by atoms with Crippen LogP contribution >= 0.6 is 0 Å². The molecule has 4 aromatic carbocycles. The van der Waals surface area contributed by atoms with Crippen molar-refractivity contribution in [2.24, 2.45) is 20.5 Å². The van der Waals surface area contributed by atoms with Gasteiger partial charge in [0.15, 0.2) is 25.4 Å². The molecule has 0 aromatic heterocycles. The van der Waals surface area contributed by atoms with E-state index in [1.54, 1.807) is 0 Å². The molecule has 0 bridgehead atoms. The molecule has 0 radical (unpaired) electrons. The summed E-state index contributed by atoms with van der Waals surface area (Å²) in [4.78, 5) is -3.77. The molecule has 0 aliphatic carbocycles. The summed E-state index contributed by atoms with van der Waals surface area (Å²) in [5, 5.41) is 27.6. The average molecular weight is 998 g/mol. The Morgan fingerprint density at radius 1 is 0.525 bits per heavy atom. The zero-order chi connectivity index (χ0) is 46.0. The standard InChI is InChI=1S/C27H27N5O22S7/c33-27-19-6-8-22(28-15-57(38,39)40)25(31-29-16-1-3-17(4-2-16)55(34,35)11-9-53-60(47,48)49)20(19)14-24(59(44,45)46)26(27)32-30-21-7-5-18(13-23(21)58(41,42)43)56(36,37)12-10-54-61(50,51)52/h1-8,13-14,28,33H,9-12,15H2,(H,38,39,40)(H,41,42,43)(H,44,45,46)(H,47,48,49)(H,50,51,52). The van der Waals surface area contributed by atoms with Crippen molar-refractivity contribution in [3.63, 3.8) is 0 Å². The monoisotopic (exact) mass is 997 g/mol. The Hall–Kier alpha value is -4.69. The number of azo groups is 2. The first-order valence-corrected chi connectivity index (χ1v) is 26.0. The van der Waals surface area contributed by atoms with Gasteiger partial charge < -0.3 is 10.4 Å². The van der Waals surface area contributed by atoms with Gasteiger partial charge in [-0.3, -0.25) is 22.8 Å². The van der Waals surface area contributed by atoms with E-state index in [2.05, 4.69) is 34.1 Å². The van der Waals surface area contributed by atoms with Gasteiger partial charge in [0.25, 0.3) is 30.4 Å². The maximum absolute atomic E-state index is 12.7. The third-order valence-electron chi connectivity index (χ3n) is 7.38. The van der Waals surface area contributed by atoms with Crippen molar-refractivity contribution in [3.8, 4) is 5.75 Å². The fourth-order valence-corrected chi connectivity index (χ4v) is 9.47. The van der Waals surface area contributed by atoms with E-state index in [1.165, 1.54) is 0 Å². The number of hydrogen-bond donors (Lipinski definition) is 7. The number of hydrogen-bond acceptors (Lipinski definition) is 22. The van der Waals surface area contributed by atoms with Crippen LogP contribution in [-0.2, 0) is 79.2 Å². The number of aromatic hydroxyl groups is 1. The number of sulfone groups is 2. The lowest BCUT2D eigenvalue weighted by Gasteiger charge is -2.14. The Labute approximate surface area is 345 Å². The Kier molecular flexibility index (Phi) is 14.4. The number of benzene rings is 4. The molecule has 0 saturated carbocycles. The molecule has 0 atom stereocenters. The predicted octanol–water partition coefficient (Wildman–Crippen LogP) is 2.31. The van der Waals surface area contributed by atoms with Gasteiger partial charge in [0.05, 0.1) is 45.9 Å². The molecular weight excluding hydrogens is 971 g/mol. The highest BCUT2D eigenvalue weighted by molar-refractivity contribution is 7.92. The molecule has 27 nitrogen and oxygen atoms in total. The SMILES string of the molecule is O=S(=O)(O)CNc1ccc2c(O)c(N=Nc3ccc(S(=O)(=O)CCOS(=O)(=O)O)cc3S(=O)(=O)O)c(S(=O)(=O)O)cc2c1N=Nc1ccc(S(=O)(=O)CCOS(=O)(=O)O)cc1. The maximum Gasteiger partial charge on any atom is 0.397 e. The van der Waals surface area contributed by atoms with E-state index in [4.69, 9.17) is 9.11 Å². The molecule has 0 unspecified atom stereocenters. The van der Waals surface area contributed by atoms with Gasteiger partial charge >= 0.3 is 20.8 Å². The highest BCUT2D eigenvalue weighted by Gasteiger charge is 2.27. The minimum absolute atomic E-state index is 0.129. The molecule has 4 rings (SSSR count). The lowest BCUT2D eigenvalue weighted by molar-refractivity contribution is 0.282. The minimum atomic E-state index is -5.48. The number of rotatable bonds is 19. The topological polar surface area (TPSA) is 440 Å². The van der Waals surface area contributed by atoms with E-state index < -0.39 is 150 Å². The van der Waals surface area contributed by atoms with Crippen molar-refractivity contribution in [3.05, 3.63) is 60.7 Å². The number of phenols is 1. The van der Waals surface area contributed by atoms with Gasteiger partial charge in [-0.2, -0.15) is 47.2 Å². The van der Waals surface area contributed by atoms with E-state index in [9.17, 15) is 77.7 Å². The summed E-state index contributed by atoms with van der Waals surface area (Å²) >= 11 is 0. The van der Waals surface area contributed by atoms with E-state index in [0.717, 1.165) is 36.4 Å². The number of anilines is 1. The lowest BCUT2D eigenvalue weighted by atomic mass is 10.1. The highest BCUT2D eigenvalue weighted by Crippen LogP contribution is 2.47. The fourth-order valence-electron chi connectivity index (χ4n) is 4.76. The summed E-state index contributed by atoms with van der Waals surface area (Å²) in [7, 11) is -34.4. The minimum Gasteiger partial charge on any atom is -0.505 e. The van der Waals surface area contributed by atoms with Crippen LogP contribution in [0.2, 0.25) is 0 Å². The summed E-state index contributed by atoms with van der Waals surface area (Å²) in [6, 6.07) is 8.52. The largest absolute Gasteiger partial charge is 0.505 e.